The van der Waals surface area contributed by atoms with Crippen molar-refractivity contribution in [2.24, 2.45) is 0 Å². The fraction of sp³-hybridized carbons (Fsp3) is 0.259. The first-order chi connectivity index (χ1) is 17.0. The van der Waals surface area contributed by atoms with Crippen LogP contribution in [0, 0.1) is 0 Å². The lowest BCUT2D eigenvalue weighted by atomic mass is 9.95. The number of nitrogens with zero attached hydrogens (tertiary/aromatic N) is 2. The Bertz CT molecular complexity index is 1390. The van der Waals surface area contributed by atoms with Gasteiger partial charge in [0.2, 0.25) is 0 Å². The molecule has 0 radical (unpaired) electrons. The molecular weight excluding hydrogens is 473 g/mol. The predicted molar refractivity (Wildman–Crippen MR) is 129 cm³/mol. The van der Waals surface area contributed by atoms with E-state index < -0.39 is 29.9 Å². The van der Waals surface area contributed by atoms with Crippen molar-refractivity contribution in [3.63, 3.8) is 0 Å². The van der Waals surface area contributed by atoms with Crippen LogP contribution in [0.5, 0.6) is 11.5 Å². The Morgan fingerprint density at radius 1 is 1.06 bits per heavy atom. The molecule has 1 N–H and O–H groups in total. The molecule has 6 nitrogen and oxygen atoms in total. The highest BCUT2D eigenvalue weighted by Gasteiger charge is 2.30. The highest BCUT2D eigenvalue weighted by atomic mass is 19.4. The number of benzene rings is 3. The van der Waals surface area contributed by atoms with Crippen molar-refractivity contribution < 1.29 is 32.5 Å². The van der Waals surface area contributed by atoms with Crippen LogP contribution in [0.1, 0.15) is 37.5 Å². The van der Waals surface area contributed by atoms with E-state index in [1.54, 1.807) is 23.0 Å². The van der Waals surface area contributed by atoms with Crippen LogP contribution in [0.25, 0.3) is 16.6 Å². The summed E-state index contributed by atoms with van der Waals surface area (Å²) in [6.07, 6.45) is -2.01. The Hall–Kier alpha value is -4.01. The highest BCUT2D eigenvalue weighted by Crippen LogP contribution is 2.35. The van der Waals surface area contributed by atoms with Crippen LogP contribution in [0.4, 0.5) is 13.2 Å². The van der Waals surface area contributed by atoms with E-state index in [9.17, 15) is 18.0 Å². The Morgan fingerprint density at radius 3 is 2.42 bits per heavy atom. The maximum Gasteiger partial charge on any atom is 0.416 e. The van der Waals surface area contributed by atoms with Gasteiger partial charge in [-0.05, 0) is 68.3 Å². The second-order valence-corrected chi connectivity index (χ2v) is 8.78. The van der Waals surface area contributed by atoms with E-state index in [2.05, 4.69) is 5.10 Å². The molecule has 0 bridgehead atoms. The van der Waals surface area contributed by atoms with Gasteiger partial charge in [0, 0.05) is 17.1 Å². The molecule has 4 aromatic rings. The monoisotopic (exact) mass is 498 g/mol. The number of aryl methyl sites for hydroxylation is 1. The number of carbonyl (C=O) groups is 1. The van der Waals surface area contributed by atoms with E-state index in [-0.39, 0.29) is 0 Å². The number of aromatic nitrogens is 2. The summed E-state index contributed by atoms with van der Waals surface area (Å²) in [5.41, 5.74) is 1.26. The van der Waals surface area contributed by atoms with Gasteiger partial charge < -0.3 is 14.6 Å². The van der Waals surface area contributed by atoms with Gasteiger partial charge >= 0.3 is 12.1 Å². The van der Waals surface area contributed by atoms with Gasteiger partial charge in [-0.15, -0.1) is 0 Å². The maximum atomic E-state index is 12.9. The number of alkyl halides is 3. The van der Waals surface area contributed by atoms with Gasteiger partial charge in [-0.3, -0.25) is 0 Å². The zero-order valence-corrected chi connectivity index (χ0v) is 20.0. The number of hydrogen-bond donors (Lipinski definition) is 1. The summed E-state index contributed by atoms with van der Waals surface area (Å²) in [5.74, 6) is 0.0171. The minimum Gasteiger partial charge on any atom is -0.483 e. The van der Waals surface area contributed by atoms with Gasteiger partial charge in [0.15, 0.2) is 6.61 Å². The molecule has 1 heterocycles. The minimum absolute atomic E-state index is 0.428. The second-order valence-electron chi connectivity index (χ2n) is 8.78. The number of rotatable bonds is 8. The first-order valence-corrected chi connectivity index (χ1v) is 11.3. The summed E-state index contributed by atoms with van der Waals surface area (Å²) in [4.78, 5) is 10.8. The Kier molecular flexibility index (Phi) is 6.67. The van der Waals surface area contributed by atoms with Gasteiger partial charge in [0.05, 0.1) is 16.8 Å². The number of carboxylic acid groups (broad SMARTS) is 1. The summed E-state index contributed by atoms with van der Waals surface area (Å²) in [6, 6.07) is 15.7. The van der Waals surface area contributed by atoms with E-state index in [1.165, 1.54) is 12.1 Å². The fourth-order valence-corrected chi connectivity index (χ4v) is 3.99. The molecule has 0 aliphatic heterocycles. The van der Waals surface area contributed by atoms with Gasteiger partial charge in [-0.2, -0.15) is 18.3 Å². The molecule has 0 atom stereocenters. The van der Waals surface area contributed by atoms with Crippen molar-refractivity contribution in [2.75, 3.05) is 6.61 Å². The molecule has 4 rings (SSSR count). The summed E-state index contributed by atoms with van der Waals surface area (Å²) in [7, 11) is 0. The number of ether oxygens (including phenoxy) is 2. The molecule has 3 aromatic carbocycles. The first-order valence-electron chi connectivity index (χ1n) is 11.3. The van der Waals surface area contributed by atoms with Crippen molar-refractivity contribution >= 4 is 16.9 Å². The zero-order valence-electron chi connectivity index (χ0n) is 20.0. The van der Waals surface area contributed by atoms with E-state index in [0.717, 1.165) is 28.6 Å². The topological polar surface area (TPSA) is 73.6 Å². The van der Waals surface area contributed by atoms with E-state index >= 15 is 0 Å². The van der Waals surface area contributed by atoms with Crippen LogP contribution >= 0.6 is 0 Å². The fourth-order valence-electron chi connectivity index (χ4n) is 3.99. The predicted octanol–water partition coefficient (Wildman–Crippen LogP) is 6.38. The van der Waals surface area contributed by atoms with Gasteiger partial charge in [0.25, 0.3) is 0 Å². The minimum atomic E-state index is -4.40. The second kappa shape index (κ2) is 9.56. The van der Waals surface area contributed by atoms with Crippen molar-refractivity contribution in [1.82, 2.24) is 9.78 Å². The summed E-state index contributed by atoms with van der Waals surface area (Å²) in [5, 5.41) is 14.3. The molecule has 1 aromatic heterocycles. The van der Waals surface area contributed by atoms with Crippen LogP contribution in [-0.4, -0.2) is 27.5 Å². The Labute approximate surface area is 205 Å². The number of fused-ring (bicyclic) bond motifs is 1. The zero-order chi connectivity index (χ0) is 26.1. The lowest BCUT2D eigenvalue weighted by Gasteiger charge is -2.28. The van der Waals surface area contributed by atoms with Gasteiger partial charge in [0.1, 0.15) is 17.1 Å². The third-order valence-electron chi connectivity index (χ3n) is 5.78. The molecule has 0 aliphatic carbocycles. The van der Waals surface area contributed by atoms with Gasteiger partial charge in [-0.25, -0.2) is 9.48 Å². The molecule has 0 unspecified atom stereocenters. The molecule has 9 heteroatoms. The smallest absolute Gasteiger partial charge is 0.416 e. The van der Waals surface area contributed by atoms with Crippen LogP contribution in [-0.2, 0) is 23.0 Å². The third kappa shape index (κ3) is 5.30. The molecule has 0 aliphatic rings. The quantitative estimate of drug-likeness (QED) is 0.305. The summed E-state index contributed by atoms with van der Waals surface area (Å²) in [6.45, 7) is 5.31. The molecule has 0 saturated heterocycles. The molecule has 0 amide bonds. The largest absolute Gasteiger partial charge is 0.483 e. The average molecular weight is 499 g/mol. The van der Waals surface area contributed by atoms with Crippen LogP contribution in [0.15, 0.2) is 66.9 Å². The summed E-state index contributed by atoms with van der Waals surface area (Å²) < 4.78 is 52.0. The summed E-state index contributed by atoms with van der Waals surface area (Å²) >= 11 is 0. The Balaban J connectivity index is 1.63. The molecule has 36 heavy (non-hydrogen) atoms. The van der Waals surface area contributed by atoms with Gasteiger partial charge in [-0.1, -0.05) is 25.1 Å². The molecule has 0 saturated carbocycles. The standard InChI is InChI=1S/C27H25F3N2O4/c1-4-17-14-21(12-13-23(17)35-16-24(33)34)36-26(2,3)22-7-5-6-18-15-32(31-25(18)22)20-10-8-19(9-11-20)27(28,29)30/h5-15H,4,16H2,1-3H3,(H,33,34). The lowest BCUT2D eigenvalue weighted by Crippen LogP contribution is -2.25. The van der Waals surface area contributed by atoms with Crippen molar-refractivity contribution in [3.05, 3.63) is 83.6 Å². The average Bonchev–Trinajstić information content (AvgIpc) is 3.26. The molecule has 0 spiro atoms. The lowest BCUT2D eigenvalue weighted by molar-refractivity contribution is -0.139. The number of carboxylic acids is 1. The van der Waals surface area contributed by atoms with Crippen LogP contribution in [0.3, 0.4) is 0 Å². The molecule has 188 valence electrons. The van der Waals surface area contributed by atoms with E-state index in [1.807, 2.05) is 45.0 Å². The highest BCUT2D eigenvalue weighted by molar-refractivity contribution is 5.82. The molecule has 0 fully saturated rings. The number of halogens is 3. The molecular formula is C27H25F3N2O4. The normalized spacial score (nSPS) is 12.1. The van der Waals surface area contributed by atoms with E-state index in [0.29, 0.717) is 29.1 Å². The van der Waals surface area contributed by atoms with Crippen molar-refractivity contribution in [1.29, 1.82) is 0 Å². The maximum absolute atomic E-state index is 12.9. The van der Waals surface area contributed by atoms with Crippen LogP contribution < -0.4 is 9.47 Å². The number of hydrogen-bond acceptors (Lipinski definition) is 4. The first kappa shape index (κ1) is 25.1. The Morgan fingerprint density at radius 2 is 1.78 bits per heavy atom. The van der Waals surface area contributed by atoms with Crippen LogP contribution in [0.2, 0.25) is 0 Å². The van der Waals surface area contributed by atoms with Crippen molar-refractivity contribution in [2.45, 2.75) is 39.0 Å². The van der Waals surface area contributed by atoms with Crippen molar-refractivity contribution in [3.8, 4) is 17.2 Å². The SMILES string of the molecule is CCc1cc(OC(C)(C)c2cccc3cn(-c4ccc(C(F)(F)F)cc4)nc23)ccc1OCC(=O)O. The number of aliphatic carboxylic acids is 1. The van der Waals surface area contributed by atoms with E-state index in [4.69, 9.17) is 14.6 Å². The third-order valence-corrected chi connectivity index (χ3v) is 5.78.